The number of ether oxygens (including phenoxy) is 1. The summed E-state index contributed by atoms with van der Waals surface area (Å²) in [5, 5.41) is 14.0. The van der Waals surface area contributed by atoms with Crippen LogP contribution in [-0.2, 0) is 11.2 Å². The molecule has 1 aromatic heterocycles. The summed E-state index contributed by atoms with van der Waals surface area (Å²) in [5.41, 5.74) is 0.877. The summed E-state index contributed by atoms with van der Waals surface area (Å²) in [4.78, 5) is 29.0. The van der Waals surface area contributed by atoms with Crippen molar-refractivity contribution >= 4 is 54.9 Å². The molecule has 1 N–H and O–H groups in total. The fourth-order valence-electron chi connectivity index (χ4n) is 2.90. The van der Waals surface area contributed by atoms with E-state index in [4.69, 9.17) is 9.84 Å². The lowest BCUT2D eigenvalue weighted by molar-refractivity contribution is -0.144. The highest BCUT2D eigenvalue weighted by molar-refractivity contribution is 9.10. The van der Waals surface area contributed by atoms with E-state index >= 15 is 0 Å². The molecule has 7 nitrogen and oxygen atoms in total. The van der Waals surface area contributed by atoms with Crippen molar-refractivity contribution in [1.82, 2.24) is 9.66 Å². The van der Waals surface area contributed by atoms with Crippen LogP contribution in [0.3, 0.4) is 0 Å². The van der Waals surface area contributed by atoms with E-state index in [9.17, 15) is 9.59 Å². The second-order valence-electron chi connectivity index (χ2n) is 6.94. The number of nitrogens with zero attached hydrogens (tertiary/aromatic N) is 3. The Hall–Kier alpha value is -2.52. The highest BCUT2D eigenvalue weighted by Crippen LogP contribution is 2.23. The van der Waals surface area contributed by atoms with Crippen molar-refractivity contribution < 1.29 is 14.6 Å². The molecule has 0 saturated carbocycles. The molecule has 0 bridgehead atoms. The Kier molecular flexibility index (Phi) is 7.61. The average Bonchev–Trinajstić information content (AvgIpc) is 2.73. The minimum Gasteiger partial charge on any atom is -0.479 e. The Balaban J connectivity index is 2.10. The number of fused-ring (bicyclic) bond motifs is 1. The first-order chi connectivity index (χ1) is 14.8. The molecule has 3 rings (SSSR count). The molecule has 0 fully saturated rings. The molecule has 0 aliphatic rings. The van der Waals surface area contributed by atoms with Gasteiger partial charge < -0.3 is 9.84 Å². The van der Waals surface area contributed by atoms with Crippen molar-refractivity contribution in [2.45, 2.75) is 39.2 Å². The molecule has 162 valence electrons. The summed E-state index contributed by atoms with van der Waals surface area (Å²) in [6.45, 7) is 3.52. The number of aromatic nitrogens is 2. The zero-order valence-corrected chi connectivity index (χ0v) is 20.2. The monoisotopic (exact) mass is 549 g/mol. The highest BCUT2D eigenvalue weighted by atomic mass is 79.9. The maximum absolute atomic E-state index is 13.2. The first-order valence-electron chi connectivity index (χ1n) is 9.74. The van der Waals surface area contributed by atoms with Gasteiger partial charge in [-0.2, -0.15) is 9.78 Å². The molecule has 1 atom stereocenters. The molecule has 3 aromatic rings. The standard InChI is InChI=1S/C22H21Br2N3O4/c1-3-4-5-20-26-18-8-6-16(24)11-17(18)21(28)27(20)25-12-14-10-15(23)7-9-19(14)31-13(2)22(29)30/h6-13H,3-5H2,1-2H3,(H,29,30)/t13-/m0/s1. The topological polar surface area (TPSA) is 93.8 Å². The number of hydrogen-bond acceptors (Lipinski definition) is 5. The number of rotatable bonds is 8. The summed E-state index contributed by atoms with van der Waals surface area (Å²) >= 11 is 6.80. The van der Waals surface area contributed by atoms with Gasteiger partial charge in [-0.05, 0) is 49.7 Å². The van der Waals surface area contributed by atoms with Crippen LogP contribution in [0.5, 0.6) is 5.75 Å². The van der Waals surface area contributed by atoms with Crippen molar-refractivity contribution in [2.75, 3.05) is 0 Å². The van der Waals surface area contributed by atoms with Gasteiger partial charge in [0.2, 0.25) is 0 Å². The summed E-state index contributed by atoms with van der Waals surface area (Å²) in [6.07, 6.45) is 2.88. The molecule has 0 aliphatic heterocycles. The number of carboxylic acids is 1. The number of hydrogen-bond donors (Lipinski definition) is 1. The van der Waals surface area contributed by atoms with Gasteiger partial charge in [0.15, 0.2) is 6.10 Å². The van der Waals surface area contributed by atoms with Gasteiger partial charge in [0.05, 0.1) is 17.1 Å². The summed E-state index contributed by atoms with van der Waals surface area (Å²) in [5.74, 6) is -0.163. The van der Waals surface area contributed by atoms with E-state index in [-0.39, 0.29) is 5.56 Å². The minimum atomic E-state index is -1.08. The fraction of sp³-hybridized carbons (Fsp3) is 0.273. The van der Waals surface area contributed by atoms with E-state index in [1.807, 2.05) is 6.07 Å². The van der Waals surface area contributed by atoms with Crippen molar-refractivity contribution in [3.63, 3.8) is 0 Å². The Morgan fingerprint density at radius 1 is 1.26 bits per heavy atom. The van der Waals surface area contributed by atoms with Gasteiger partial charge in [0, 0.05) is 20.9 Å². The molecule has 31 heavy (non-hydrogen) atoms. The third kappa shape index (κ3) is 5.59. The number of unbranched alkanes of at least 4 members (excludes halogenated alkanes) is 1. The summed E-state index contributed by atoms with van der Waals surface area (Å²) in [7, 11) is 0. The van der Waals surface area contributed by atoms with E-state index in [1.165, 1.54) is 17.8 Å². The Morgan fingerprint density at radius 3 is 2.68 bits per heavy atom. The van der Waals surface area contributed by atoms with Crippen LogP contribution in [-0.4, -0.2) is 33.1 Å². The molecule has 0 radical (unpaired) electrons. The maximum Gasteiger partial charge on any atom is 0.344 e. The molecule has 9 heteroatoms. The number of aliphatic carboxylic acids is 1. The molecule has 1 heterocycles. The number of halogens is 2. The van der Waals surface area contributed by atoms with Crippen LogP contribution in [0.4, 0.5) is 0 Å². The number of benzene rings is 2. The van der Waals surface area contributed by atoms with E-state index < -0.39 is 12.1 Å². The van der Waals surface area contributed by atoms with E-state index in [0.717, 1.165) is 21.8 Å². The SMILES string of the molecule is CCCCc1nc2ccc(Br)cc2c(=O)n1N=Cc1cc(Br)ccc1O[C@@H](C)C(=O)O. The van der Waals surface area contributed by atoms with Crippen molar-refractivity contribution in [2.24, 2.45) is 5.10 Å². The summed E-state index contributed by atoms with van der Waals surface area (Å²) in [6, 6.07) is 10.5. The average molecular weight is 551 g/mol. The first kappa shape index (κ1) is 23.1. The van der Waals surface area contributed by atoms with Crippen LogP contribution in [0.25, 0.3) is 10.9 Å². The van der Waals surface area contributed by atoms with Gasteiger partial charge in [-0.1, -0.05) is 45.2 Å². The molecule has 0 unspecified atom stereocenters. The van der Waals surface area contributed by atoms with E-state index in [0.29, 0.717) is 34.5 Å². The quantitative estimate of drug-likeness (QED) is 0.398. The number of carbonyl (C=O) groups is 1. The van der Waals surface area contributed by atoms with Crippen LogP contribution in [0.15, 0.2) is 55.2 Å². The van der Waals surface area contributed by atoms with E-state index in [2.05, 4.69) is 48.9 Å². The van der Waals surface area contributed by atoms with Gasteiger partial charge in [-0.3, -0.25) is 4.79 Å². The molecule has 0 saturated heterocycles. The Bertz CT molecular complexity index is 1210. The predicted molar refractivity (Wildman–Crippen MR) is 127 cm³/mol. The van der Waals surface area contributed by atoms with Crippen LogP contribution >= 0.6 is 31.9 Å². The van der Waals surface area contributed by atoms with E-state index in [1.54, 1.807) is 30.3 Å². The fourth-order valence-corrected chi connectivity index (χ4v) is 3.64. The van der Waals surface area contributed by atoms with Gasteiger partial charge in [-0.25, -0.2) is 9.78 Å². The minimum absolute atomic E-state index is 0.273. The largest absolute Gasteiger partial charge is 0.479 e. The molecule has 2 aromatic carbocycles. The smallest absolute Gasteiger partial charge is 0.344 e. The third-order valence-electron chi connectivity index (χ3n) is 4.56. The molecule has 0 aliphatic carbocycles. The van der Waals surface area contributed by atoms with Gasteiger partial charge in [0.1, 0.15) is 11.6 Å². The lowest BCUT2D eigenvalue weighted by Gasteiger charge is -2.13. The number of carboxylic acid groups (broad SMARTS) is 1. The lowest BCUT2D eigenvalue weighted by atomic mass is 10.2. The Morgan fingerprint density at radius 2 is 1.97 bits per heavy atom. The van der Waals surface area contributed by atoms with Crippen LogP contribution in [0.1, 0.15) is 38.1 Å². The maximum atomic E-state index is 13.2. The summed E-state index contributed by atoms with van der Waals surface area (Å²) < 4.78 is 8.39. The first-order valence-corrected chi connectivity index (χ1v) is 11.3. The Labute approximate surface area is 196 Å². The highest BCUT2D eigenvalue weighted by Gasteiger charge is 2.15. The molecule has 0 spiro atoms. The molecular weight excluding hydrogens is 530 g/mol. The van der Waals surface area contributed by atoms with Crippen molar-refractivity contribution in [1.29, 1.82) is 0 Å². The van der Waals surface area contributed by atoms with Crippen LogP contribution in [0, 0.1) is 0 Å². The predicted octanol–water partition coefficient (Wildman–Crippen LogP) is 5.00. The van der Waals surface area contributed by atoms with Gasteiger partial charge in [-0.15, -0.1) is 0 Å². The lowest BCUT2D eigenvalue weighted by Crippen LogP contribution is -2.24. The van der Waals surface area contributed by atoms with Crippen molar-refractivity contribution in [3.8, 4) is 5.75 Å². The zero-order valence-electron chi connectivity index (χ0n) is 17.0. The van der Waals surface area contributed by atoms with Crippen molar-refractivity contribution in [3.05, 3.63) is 67.1 Å². The van der Waals surface area contributed by atoms with Gasteiger partial charge >= 0.3 is 5.97 Å². The van der Waals surface area contributed by atoms with Crippen LogP contribution in [0.2, 0.25) is 0 Å². The third-order valence-corrected chi connectivity index (χ3v) is 5.55. The zero-order chi connectivity index (χ0) is 22.5. The number of aryl methyl sites for hydroxylation is 1. The normalized spacial score (nSPS) is 12.4. The second-order valence-corrected chi connectivity index (χ2v) is 8.77. The van der Waals surface area contributed by atoms with Gasteiger partial charge in [0.25, 0.3) is 5.56 Å². The molecule has 0 amide bonds. The van der Waals surface area contributed by atoms with Crippen LogP contribution < -0.4 is 10.3 Å². The molecular formula is C22H21Br2N3O4. The second kappa shape index (κ2) is 10.2.